The van der Waals surface area contributed by atoms with Crippen LogP contribution in [0.5, 0.6) is 0 Å². The summed E-state index contributed by atoms with van der Waals surface area (Å²) in [5.41, 5.74) is 2.48. The van der Waals surface area contributed by atoms with Crippen LogP contribution in [0.1, 0.15) is 24.1 Å². The molecule has 1 atom stereocenters. The fourth-order valence-electron chi connectivity index (χ4n) is 3.45. The monoisotopic (exact) mass is 416 g/mol. The number of benzene rings is 2. The van der Waals surface area contributed by atoms with E-state index in [4.69, 9.17) is 4.74 Å². The summed E-state index contributed by atoms with van der Waals surface area (Å²) in [6.45, 7) is 5.46. The zero-order valence-electron chi connectivity index (χ0n) is 16.4. The molecule has 0 aliphatic carbocycles. The lowest BCUT2D eigenvalue weighted by Crippen LogP contribution is -2.39. The molecule has 5 nitrogen and oxygen atoms in total. The van der Waals surface area contributed by atoms with E-state index in [0.29, 0.717) is 20.6 Å². The highest BCUT2D eigenvalue weighted by atomic mass is 32.1. The first kappa shape index (κ1) is 19.8. The van der Waals surface area contributed by atoms with E-state index in [1.807, 2.05) is 66.7 Å². The molecule has 1 aliphatic rings. The number of ether oxygens (including phenoxy) is 1. The summed E-state index contributed by atoms with van der Waals surface area (Å²) in [4.78, 5) is 31.4. The molecule has 0 unspecified atom stereocenters. The molecule has 1 aromatic heterocycles. The lowest BCUT2D eigenvalue weighted by molar-refractivity contribution is -0.138. The topological polar surface area (TPSA) is 60.7 Å². The smallest absolute Gasteiger partial charge is 0.338 e. The Morgan fingerprint density at radius 1 is 1.17 bits per heavy atom. The molecule has 0 saturated carbocycles. The standard InChI is InChI=1S/C24H20N2O3S/c1-3-14-29-23(28)20-16(2)25-24-26(21(20)18-12-8-5-9-13-18)22(27)19(30-24)15-17-10-6-4-7-11-17/h3-13,15,21H,1,14H2,2H3/b19-15+/t21-/m0/s1. The first-order valence-corrected chi connectivity index (χ1v) is 10.3. The first-order valence-electron chi connectivity index (χ1n) is 9.50. The molecule has 150 valence electrons. The highest BCUT2D eigenvalue weighted by Gasteiger charge is 2.33. The van der Waals surface area contributed by atoms with Gasteiger partial charge < -0.3 is 4.74 Å². The number of nitrogens with zero attached hydrogens (tertiary/aromatic N) is 2. The Bertz CT molecular complexity index is 1300. The number of rotatable bonds is 5. The number of allylic oxidation sites excluding steroid dienone is 1. The predicted molar refractivity (Wildman–Crippen MR) is 118 cm³/mol. The summed E-state index contributed by atoms with van der Waals surface area (Å²) in [6.07, 6.45) is 3.36. The summed E-state index contributed by atoms with van der Waals surface area (Å²) in [7, 11) is 0. The molecule has 0 bridgehead atoms. The van der Waals surface area contributed by atoms with Crippen molar-refractivity contribution >= 4 is 23.4 Å². The number of aromatic nitrogens is 1. The average molecular weight is 417 g/mol. The van der Waals surface area contributed by atoms with Gasteiger partial charge in [-0.1, -0.05) is 84.7 Å². The van der Waals surface area contributed by atoms with Crippen molar-refractivity contribution in [1.82, 2.24) is 4.57 Å². The van der Waals surface area contributed by atoms with Crippen LogP contribution in [0.2, 0.25) is 0 Å². The van der Waals surface area contributed by atoms with E-state index in [1.165, 1.54) is 17.4 Å². The summed E-state index contributed by atoms with van der Waals surface area (Å²) in [5, 5.41) is 0. The van der Waals surface area contributed by atoms with E-state index >= 15 is 0 Å². The van der Waals surface area contributed by atoms with Crippen molar-refractivity contribution in [2.45, 2.75) is 13.0 Å². The van der Waals surface area contributed by atoms with Gasteiger partial charge in [0.05, 0.1) is 21.8 Å². The van der Waals surface area contributed by atoms with Gasteiger partial charge in [-0.15, -0.1) is 0 Å². The molecule has 0 N–H and O–H groups in total. The number of hydrogen-bond acceptors (Lipinski definition) is 5. The third kappa shape index (κ3) is 3.69. The fourth-order valence-corrected chi connectivity index (χ4v) is 4.49. The summed E-state index contributed by atoms with van der Waals surface area (Å²) >= 11 is 1.32. The van der Waals surface area contributed by atoms with Crippen molar-refractivity contribution in [3.05, 3.63) is 115 Å². The van der Waals surface area contributed by atoms with Crippen LogP contribution in [0, 0.1) is 0 Å². The molecule has 4 rings (SSSR count). The quantitative estimate of drug-likeness (QED) is 0.475. The van der Waals surface area contributed by atoms with Crippen molar-refractivity contribution in [1.29, 1.82) is 0 Å². The van der Waals surface area contributed by atoms with Gasteiger partial charge >= 0.3 is 5.97 Å². The van der Waals surface area contributed by atoms with Crippen LogP contribution < -0.4 is 14.9 Å². The number of hydrogen-bond donors (Lipinski definition) is 0. The van der Waals surface area contributed by atoms with Crippen LogP contribution >= 0.6 is 11.3 Å². The van der Waals surface area contributed by atoms with E-state index in [2.05, 4.69) is 11.6 Å². The molecule has 0 fully saturated rings. The highest BCUT2D eigenvalue weighted by molar-refractivity contribution is 7.07. The molecular formula is C24H20N2O3S. The van der Waals surface area contributed by atoms with E-state index in [1.54, 1.807) is 11.5 Å². The van der Waals surface area contributed by atoms with Gasteiger partial charge in [0.25, 0.3) is 5.56 Å². The normalized spacial score (nSPS) is 16.0. The van der Waals surface area contributed by atoms with Crippen LogP contribution in [-0.4, -0.2) is 17.1 Å². The first-order chi connectivity index (χ1) is 14.6. The molecule has 6 heteroatoms. The Morgan fingerprint density at radius 2 is 1.83 bits per heavy atom. The average Bonchev–Trinajstić information content (AvgIpc) is 3.07. The maximum atomic E-state index is 13.4. The molecule has 0 spiro atoms. The minimum Gasteiger partial charge on any atom is -0.458 e. The maximum absolute atomic E-state index is 13.4. The van der Waals surface area contributed by atoms with E-state index in [0.717, 1.165) is 11.1 Å². The van der Waals surface area contributed by atoms with E-state index < -0.39 is 12.0 Å². The molecule has 2 aromatic carbocycles. The Kier molecular flexibility index (Phi) is 5.59. The lowest BCUT2D eigenvalue weighted by atomic mass is 9.96. The number of carbonyl (C=O) groups excluding carboxylic acids is 1. The predicted octanol–water partition coefficient (Wildman–Crippen LogP) is 2.96. The molecule has 30 heavy (non-hydrogen) atoms. The SMILES string of the molecule is C=CCOC(=O)C1=C(C)N=c2s/c(=C/c3ccccc3)c(=O)n2[C@H]1c1ccccc1. The van der Waals surface area contributed by atoms with Crippen LogP contribution in [0.15, 0.2) is 94.4 Å². The second-order valence-electron chi connectivity index (χ2n) is 6.79. The summed E-state index contributed by atoms with van der Waals surface area (Å²) in [6, 6.07) is 18.5. The maximum Gasteiger partial charge on any atom is 0.338 e. The van der Waals surface area contributed by atoms with Crippen molar-refractivity contribution in [3.8, 4) is 0 Å². The molecule has 0 saturated heterocycles. The van der Waals surface area contributed by atoms with Crippen molar-refractivity contribution < 1.29 is 9.53 Å². The van der Waals surface area contributed by atoms with Crippen molar-refractivity contribution in [2.24, 2.45) is 4.99 Å². The van der Waals surface area contributed by atoms with Crippen LogP contribution in [0.3, 0.4) is 0 Å². The zero-order chi connectivity index (χ0) is 21.1. The molecule has 0 amide bonds. The number of carbonyl (C=O) groups is 1. The summed E-state index contributed by atoms with van der Waals surface area (Å²) < 4.78 is 7.47. The third-order valence-electron chi connectivity index (χ3n) is 4.79. The third-order valence-corrected chi connectivity index (χ3v) is 5.77. The van der Waals surface area contributed by atoms with Gasteiger partial charge in [-0.25, -0.2) is 9.79 Å². The van der Waals surface area contributed by atoms with Crippen molar-refractivity contribution in [3.63, 3.8) is 0 Å². The zero-order valence-corrected chi connectivity index (χ0v) is 17.3. The minimum absolute atomic E-state index is 0.0928. The lowest BCUT2D eigenvalue weighted by Gasteiger charge is -2.24. The summed E-state index contributed by atoms with van der Waals surface area (Å²) in [5.74, 6) is -0.498. The van der Waals surface area contributed by atoms with Gasteiger partial charge in [-0.05, 0) is 24.1 Å². The Morgan fingerprint density at radius 3 is 2.50 bits per heavy atom. The second kappa shape index (κ2) is 8.47. The molecule has 1 aliphatic heterocycles. The fraction of sp³-hybridized carbons (Fsp3) is 0.125. The minimum atomic E-state index is -0.599. The highest BCUT2D eigenvalue weighted by Crippen LogP contribution is 2.30. The second-order valence-corrected chi connectivity index (χ2v) is 7.80. The number of fused-ring (bicyclic) bond motifs is 1. The van der Waals surface area contributed by atoms with E-state index in [9.17, 15) is 9.59 Å². The molecule has 2 heterocycles. The largest absolute Gasteiger partial charge is 0.458 e. The van der Waals surface area contributed by atoms with Gasteiger partial charge in [-0.3, -0.25) is 9.36 Å². The number of esters is 1. The van der Waals surface area contributed by atoms with Crippen LogP contribution in [0.25, 0.3) is 6.08 Å². The molecular weight excluding hydrogens is 396 g/mol. The molecule has 3 aromatic rings. The van der Waals surface area contributed by atoms with Crippen molar-refractivity contribution in [2.75, 3.05) is 6.61 Å². The van der Waals surface area contributed by atoms with Gasteiger partial charge in [0.15, 0.2) is 4.80 Å². The molecule has 0 radical (unpaired) electrons. The Labute approximate surface area is 177 Å². The van der Waals surface area contributed by atoms with E-state index in [-0.39, 0.29) is 12.2 Å². The van der Waals surface area contributed by atoms with Gasteiger partial charge in [0, 0.05) is 0 Å². The number of thiazole rings is 1. The van der Waals surface area contributed by atoms with Gasteiger partial charge in [0.2, 0.25) is 0 Å². The van der Waals surface area contributed by atoms with Crippen LogP contribution in [0.4, 0.5) is 0 Å². The van der Waals surface area contributed by atoms with Gasteiger partial charge in [0.1, 0.15) is 6.61 Å². The van der Waals surface area contributed by atoms with Gasteiger partial charge in [-0.2, -0.15) is 0 Å². The Balaban J connectivity index is 1.93. The Hall–Kier alpha value is -3.51. The van der Waals surface area contributed by atoms with Crippen LogP contribution in [-0.2, 0) is 9.53 Å².